The van der Waals surface area contributed by atoms with Gasteiger partial charge in [0.1, 0.15) is 11.0 Å². The number of nitrogens with one attached hydrogen (secondary N) is 2. The Balaban J connectivity index is 0.000000116. The summed E-state index contributed by atoms with van der Waals surface area (Å²) in [5.74, 6) is 0. The fraction of sp³-hybridized carbons (Fsp3) is 0. The van der Waals surface area contributed by atoms with Gasteiger partial charge >= 0.3 is 62.2 Å². The molecule has 0 bridgehead atoms. The zero-order chi connectivity index (χ0) is 52.7. The number of aliphatic imine (C=N–C) groups is 1. The van der Waals surface area contributed by atoms with Crippen molar-refractivity contribution in [1.29, 1.82) is 0 Å². The molecule has 0 unspecified atom stereocenters. The largest absolute Gasteiger partial charge is 2.00 e. The number of aromatic nitrogens is 12. The second-order valence-corrected chi connectivity index (χ2v) is 17.3. The number of fused-ring (bicyclic) bond motifs is 9. The Morgan fingerprint density at radius 2 is 0.812 bits per heavy atom. The Bertz CT molecular complexity index is 4070. The number of pyridine rings is 6. The van der Waals surface area contributed by atoms with E-state index in [1.165, 1.54) is 26.9 Å². The van der Waals surface area contributed by atoms with Crippen LogP contribution in [-0.4, -0.2) is 67.0 Å². The maximum atomic E-state index is 5.11. The van der Waals surface area contributed by atoms with E-state index in [1.54, 1.807) is 43.2 Å². The minimum Gasteiger partial charge on any atom is -0.485 e. The molecule has 0 aliphatic rings. The van der Waals surface area contributed by atoms with Crippen LogP contribution in [0.15, 0.2) is 249 Å². The third-order valence-electron chi connectivity index (χ3n) is 12.2. The summed E-state index contributed by atoms with van der Waals surface area (Å²) in [6, 6.07) is 70.7. The zero-order valence-corrected chi connectivity index (χ0v) is 50.9. The van der Waals surface area contributed by atoms with Gasteiger partial charge in [-0.05, 0) is 107 Å². The summed E-state index contributed by atoms with van der Waals surface area (Å²) in [7, 11) is 0. The molecule has 376 valence electrons. The molecule has 2 N–H and O–H groups in total. The first-order valence-electron chi connectivity index (χ1n) is 24.6. The molecule has 16 aromatic rings. The summed E-state index contributed by atoms with van der Waals surface area (Å²) in [6.45, 7) is 5.11. The van der Waals surface area contributed by atoms with E-state index in [-0.39, 0.29) is 62.2 Å². The van der Waals surface area contributed by atoms with Crippen LogP contribution in [0, 0.1) is 80.4 Å². The van der Waals surface area contributed by atoms with Gasteiger partial charge in [-0.3, -0.25) is 36.0 Å². The van der Waals surface area contributed by atoms with Gasteiger partial charge in [0.2, 0.25) is 0 Å². The molecule has 15 heteroatoms. The van der Waals surface area contributed by atoms with Crippen LogP contribution in [0.3, 0.4) is 0 Å². The van der Waals surface area contributed by atoms with Gasteiger partial charge in [0, 0.05) is 82.0 Å². The van der Waals surface area contributed by atoms with Crippen molar-refractivity contribution in [3.05, 3.63) is 262 Å². The number of benzene rings is 7. The van der Waals surface area contributed by atoms with Crippen LogP contribution in [0.1, 0.15) is 0 Å². The molecule has 0 radical (unpaired) electrons. The Morgan fingerprint density at radius 3 is 1.43 bits per heavy atom. The molecule has 9 heterocycles. The molecule has 7 aromatic carbocycles. The van der Waals surface area contributed by atoms with Crippen molar-refractivity contribution in [2.45, 2.75) is 0 Å². The van der Waals surface area contributed by atoms with Crippen LogP contribution in [0.25, 0.3) is 110 Å². The summed E-state index contributed by atoms with van der Waals surface area (Å²) < 4.78 is 0. The molecule has 0 aliphatic heterocycles. The van der Waals surface area contributed by atoms with E-state index in [0.29, 0.717) is 5.69 Å². The van der Waals surface area contributed by atoms with E-state index in [9.17, 15) is 0 Å². The molecular formula is C65H43N13U2. The second kappa shape index (κ2) is 27.6. The zero-order valence-electron chi connectivity index (χ0n) is 42.6. The first-order chi connectivity index (χ1) is 38.6. The van der Waals surface area contributed by atoms with E-state index < -0.39 is 0 Å². The van der Waals surface area contributed by atoms with Crippen LogP contribution in [0.2, 0.25) is 0 Å². The summed E-state index contributed by atoms with van der Waals surface area (Å²) in [5.41, 5.74) is 12.1. The van der Waals surface area contributed by atoms with E-state index in [2.05, 4.69) is 150 Å². The third-order valence-corrected chi connectivity index (χ3v) is 12.2. The van der Waals surface area contributed by atoms with Gasteiger partial charge in [0.05, 0.1) is 33.1 Å². The van der Waals surface area contributed by atoms with Gasteiger partial charge in [-0.25, -0.2) is 29.4 Å². The minimum atomic E-state index is 0. The molecular weight excluding hydrogens is 1440 g/mol. The smallest absolute Gasteiger partial charge is 0.485 e. The van der Waals surface area contributed by atoms with Gasteiger partial charge < -0.3 is 19.9 Å². The van der Waals surface area contributed by atoms with E-state index >= 15 is 0 Å². The van der Waals surface area contributed by atoms with Crippen LogP contribution in [-0.2, 0) is 0 Å². The molecule has 9 aromatic heterocycles. The molecule has 16 rings (SSSR count). The number of rotatable bonds is 2. The fourth-order valence-corrected chi connectivity index (χ4v) is 8.42. The van der Waals surface area contributed by atoms with E-state index in [0.717, 1.165) is 82.6 Å². The monoisotopic (exact) mass is 1480 g/mol. The average molecular weight is 1480 g/mol. The molecule has 0 fully saturated rings. The Labute approximate surface area is 507 Å². The maximum Gasteiger partial charge on any atom is 2.00 e. The third kappa shape index (κ3) is 14.0. The van der Waals surface area contributed by atoms with Gasteiger partial charge in [-0.1, -0.05) is 54.6 Å². The molecule has 80 heavy (non-hydrogen) atoms. The topological polar surface area (TPSA) is 173 Å². The SMILES string of the molecule is [CH-]=Nc1[c-]cc2ncccc2c1.[U+2].[U+2].[c-]1ccccc1-c1[c-]cccn1.c1ccc2cc3ncccc3cc2c1.c1cnc2cc3[nH]ccc3cc2c1.c1cnc2cc3n[nH]nc3cc2c1.c1cnc2cc3nccnc3cc2c1. The van der Waals surface area contributed by atoms with Crippen LogP contribution >= 0.6 is 0 Å². The minimum absolute atomic E-state index is 0. The number of hydrogen-bond acceptors (Lipinski definition) is 11. The van der Waals surface area contributed by atoms with Crippen molar-refractivity contribution in [3.63, 3.8) is 0 Å². The Morgan fingerprint density at radius 1 is 0.350 bits per heavy atom. The number of hydrogen-bond donors (Lipinski definition) is 2. The predicted octanol–water partition coefficient (Wildman–Crippen LogP) is 14.4. The first-order valence-corrected chi connectivity index (χ1v) is 24.6. The van der Waals surface area contributed by atoms with Crippen molar-refractivity contribution in [2.24, 2.45) is 4.99 Å². The Kier molecular flexibility index (Phi) is 19.2. The molecule has 0 saturated carbocycles. The van der Waals surface area contributed by atoms with Gasteiger partial charge in [0.15, 0.2) is 0 Å². The van der Waals surface area contributed by atoms with Crippen molar-refractivity contribution in [3.8, 4) is 11.3 Å². The van der Waals surface area contributed by atoms with E-state index in [1.807, 2.05) is 134 Å². The number of aromatic amines is 2. The van der Waals surface area contributed by atoms with Gasteiger partial charge in [0.25, 0.3) is 0 Å². The first kappa shape index (κ1) is 55.8. The van der Waals surface area contributed by atoms with Gasteiger partial charge in [-0.15, -0.1) is 23.2 Å². The standard InChI is InChI=1S/C13H9N.C11H7N3.C11H8N2.C11H7N.C10H6N2.C9H6N4.2U/c1-2-5-11-9-13-12(6-3-7-14-13)8-10(11)4-1;1-2-8-6-10-11(14-5-4-13-10)7-9(8)12-3-1;1-2-8-6-9-3-5-13-11(9)7-10(8)12-4-1;1-2-6-10(7-3-1)11-8-4-5-9-12-11;1-11-9-4-5-10-8(7-9)3-2-6-12-10;1-2-6-4-8-9(12-13-11-8)5-7(6)10-3-1;;/h1-9H;1-7H;1-7,13H;1-6,9H;1-3,5-7H;1-5H,(H,11,12,13);;/q;;;2*-2;;2*+2. The van der Waals surface area contributed by atoms with Crippen molar-refractivity contribution < 1.29 is 62.2 Å². The van der Waals surface area contributed by atoms with Gasteiger partial charge in [-0.2, -0.15) is 52.5 Å². The Hall–Kier alpha value is -8.95. The summed E-state index contributed by atoms with van der Waals surface area (Å²) in [4.78, 5) is 40.6. The van der Waals surface area contributed by atoms with E-state index in [4.69, 9.17) is 6.72 Å². The average Bonchev–Trinajstić information content (AvgIpc) is 4.19. The van der Waals surface area contributed by atoms with Crippen LogP contribution in [0.5, 0.6) is 0 Å². The quantitative estimate of drug-likeness (QED) is 0.0963. The summed E-state index contributed by atoms with van der Waals surface area (Å²) >= 11 is 0. The molecule has 13 nitrogen and oxygen atoms in total. The van der Waals surface area contributed by atoms with Crippen molar-refractivity contribution >= 4 is 111 Å². The molecule has 0 aliphatic carbocycles. The fourth-order valence-electron chi connectivity index (χ4n) is 8.42. The number of nitrogens with zero attached hydrogens (tertiary/aromatic N) is 11. The molecule has 0 spiro atoms. The molecule has 0 atom stereocenters. The summed E-state index contributed by atoms with van der Waals surface area (Å²) in [5, 5.41) is 19.9. The summed E-state index contributed by atoms with van der Waals surface area (Å²) in [6.07, 6.45) is 16.0. The number of H-pyrrole nitrogens is 2. The molecule has 0 saturated heterocycles. The van der Waals surface area contributed by atoms with Crippen LogP contribution < -0.4 is 0 Å². The van der Waals surface area contributed by atoms with Crippen LogP contribution in [0.4, 0.5) is 5.69 Å². The van der Waals surface area contributed by atoms with Crippen molar-refractivity contribution in [1.82, 2.24) is 60.3 Å². The molecule has 0 amide bonds. The maximum absolute atomic E-state index is 5.11. The normalized spacial score (nSPS) is 10.3. The second-order valence-electron chi connectivity index (χ2n) is 17.3. The predicted molar refractivity (Wildman–Crippen MR) is 313 cm³/mol. The van der Waals surface area contributed by atoms with Crippen molar-refractivity contribution in [2.75, 3.05) is 0 Å².